The minimum atomic E-state index is 0.214. The van der Waals surface area contributed by atoms with Gasteiger partial charge >= 0.3 is 0 Å². The average molecular weight is 342 g/mol. The minimum absolute atomic E-state index is 0.214. The molecule has 1 saturated heterocycles. The van der Waals surface area contributed by atoms with Crippen molar-refractivity contribution < 1.29 is 0 Å². The molecule has 1 atom stereocenters. The van der Waals surface area contributed by atoms with Crippen LogP contribution in [0.5, 0.6) is 0 Å². The van der Waals surface area contributed by atoms with E-state index in [0.29, 0.717) is 0 Å². The van der Waals surface area contributed by atoms with Crippen molar-refractivity contribution in [2.75, 3.05) is 26.7 Å². The quantitative estimate of drug-likeness (QED) is 0.740. The number of aryl methyl sites for hydroxylation is 1. The monoisotopic (exact) mass is 341 g/mol. The topological polar surface area (TPSA) is 27.6 Å². The molecule has 3 nitrogen and oxygen atoms in total. The first kappa shape index (κ1) is 18.6. The van der Waals surface area contributed by atoms with E-state index in [9.17, 15) is 0 Å². The van der Waals surface area contributed by atoms with Crippen molar-refractivity contribution in [1.82, 2.24) is 10.2 Å². The van der Waals surface area contributed by atoms with E-state index in [1.165, 1.54) is 66.9 Å². The first-order valence-electron chi connectivity index (χ1n) is 10.1. The molecule has 3 rings (SSSR count). The second-order valence-electron chi connectivity index (χ2n) is 8.23. The first-order chi connectivity index (χ1) is 12.1. The Morgan fingerprint density at radius 3 is 2.64 bits per heavy atom. The Hall–Kier alpha value is -1.19. The van der Waals surface area contributed by atoms with Gasteiger partial charge in [-0.3, -0.25) is 9.89 Å². The molecule has 0 amide bonds. The van der Waals surface area contributed by atoms with Gasteiger partial charge in [0.15, 0.2) is 0 Å². The summed E-state index contributed by atoms with van der Waals surface area (Å²) in [5.41, 5.74) is 7.24. The molecule has 1 unspecified atom stereocenters. The molecule has 1 aromatic rings. The van der Waals surface area contributed by atoms with Crippen LogP contribution in [0.15, 0.2) is 17.1 Å². The molecular weight excluding hydrogens is 306 g/mol. The molecule has 1 aromatic carbocycles. The summed E-state index contributed by atoms with van der Waals surface area (Å²) in [6.07, 6.45) is 7.39. The molecule has 138 valence electrons. The molecule has 25 heavy (non-hydrogen) atoms. The third-order valence-electron chi connectivity index (χ3n) is 6.27. The first-order valence-corrected chi connectivity index (χ1v) is 10.1. The highest BCUT2D eigenvalue weighted by molar-refractivity contribution is 5.92. The Kier molecular flexibility index (Phi) is 5.96. The van der Waals surface area contributed by atoms with Crippen LogP contribution in [0.4, 0.5) is 5.69 Å². The number of hydrogen-bond acceptors (Lipinski definition) is 3. The van der Waals surface area contributed by atoms with E-state index >= 15 is 0 Å². The Labute approximate surface area is 153 Å². The predicted octanol–water partition coefficient (Wildman–Crippen LogP) is 4.50. The van der Waals surface area contributed by atoms with Gasteiger partial charge in [0.05, 0.1) is 5.69 Å². The van der Waals surface area contributed by atoms with Crippen LogP contribution in [0.3, 0.4) is 0 Å². The van der Waals surface area contributed by atoms with E-state index in [-0.39, 0.29) is 5.41 Å². The Bertz CT molecular complexity index is 628. The zero-order valence-electron chi connectivity index (χ0n) is 16.6. The van der Waals surface area contributed by atoms with Crippen LogP contribution in [-0.4, -0.2) is 37.3 Å². The van der Waals surface area contributed by atoms with E-state index < -0.39 is 0 Å². The fraction of sp³-hybridized carbons (Fsp3) is 0.682. The van der Waals surface area contributed by atoms with Gasteiger partial charge < -0.3 is 5.32 Å². The highest BCUT2D eigenvalue weighted by Gasteiger charge is 2.32. The molecule has 0 bridgehead atoms. The van der Waals surface area contributed by atoms with E-state index in [2.05, 4.69) is 43.1 Å². The van der Waals surface area contributed by atoms with Gasteiger partial charge in [-0.1, -0.05) is 19.9 Å². The number of likely N-dealkylation sites (tertiary alicyclic amines) is 1. The summed E-state index contributed by atoms with van der Waals surface area (Å²) in [4.78, 5) is 7.67. The molecule has 0 saturated carbocycles. The molecule has 2 aliphatic rings. The van der Waals surface area contributed by atoms with Crippen LogP contribution in [0.2, 0.25) is 0 Å². The van der Waals surface area contributed by atoms with E-state index in [0.717, 1.165) is 25.9 Å². The lowest BCUT2D eigenvalue weighted by molar-refractivity contribution is 0.330. The highest BCUT2D eigenvalue weighted by atomic mass is 15.1. The molecule has 0 aliphatic carbocycles. The highest BCUT2D eigenvalue weighted by Crippen LogP contribution is 2.40. The summed E-state index contributed by atoms with van der Waals surface area (Å²) < 4.78 is 0. The van der Waals surface area contributed by atoms with Crippen molar-refractivity contribution in [3.8, 4) is 0 Å². The van der Waals surface area contributed by atoms with Crippen molar-refractivity contribution in [2.24, 2.45) is 10.4 Å². The number of fused-ring (bicyclic) bond motifs is 1. The molecule has 3 heteroatoms. The average Bonchev–Trinajstić information content (AvgIpc) is 3.09. The molecule has 0 radical (unpaired) electrons. The summed E-state index contributed by atoms with van der Waals surface area (Å²) in [6, 6.07) is 4.86. The van der Waals surface area contributed by atoms with Gasteiger partial charge in [-0.05, 0) is 94.9 Å². The number of rotatable bonds is 7. The predicted molar refractivity (Wildman–Crippen MR) is 108 cm³/mol. The number of aliphatic imine (C=N–C) groups is 1. The summed E-state index contributed by atoms with van der Waals surface area (Å²) in [6.45, 7) is 11.6. The van der Waals surface area contributed by atoms with Crippen LogP contribution in [0.25, 0.3) is 0 Å². The third-order valence-corrected chi connectivity index (χ3v) is 6.27. The van der Waals surface area contributed by atoms with Crippen molar-refractivity contribution in [2.45, 2.75) is 65.8 Å². The van der Waals surface area contributed by atoms with Crippen LogP contribution >= 0.6 is 0 Å². The van der Waals surface area contributed by atoms with Crippen molar-refractivity contribution in [3.63, 3.8) is 0 Å². The summed E-state index contributed by atoms with van der Waals surface area (Å²) >= 11 is 0. The number of benzene rings is 1. The van der Waals surface area contributed by atoms with Gasteiger partial charge in [0.1, 0.15) is 0 Å². The third kappa shape index (κ3) is 4.15. The standard InChI is InChI=1S/C22H35N3/c1-5-18-13-19-15-22(3,9-8-10-23-4)17(2)24-21(19)14-20(18)16-25-11-6-7-12-25/h13-14,23H,5-12,15-16H2,1-4H3. The van der Waals surface area contributed by atoms with Gasteiger partial charge in [-0.2, -0.15) is 0 Å². The smallest absolute Gasteiger partial charge is 0.0664 e. The molecule has 0 spiro atoms. The van der Waals surface area contributed by atoms with Gasteiger partial charge in [0, 0.05) is 17.7 Å². The Balaban J connectivity index is 1.84. The lowest BCUT2D eigenvalue weighted by Crippen LogP contribution is -2.32. The molecule has 2 heterocycles. The fourth-order valence-corrected chi connectivity index (χ4v) is 4.42. The zero-order chi connectivity index (χ0) is 17.9. The maximum Gasteiger partial charge on any atom is 0.0664 e. The Morgan fingerprint density at radius 1 is 1.20 bits per heavy atom. The summed E-state index contributed by atoms with van der Waals surface area (Å²) in [5, 5.41) is 3.27. The van der Waals surface area contributed by atoms with Crippen LogP contribution in [0.1, 0.15) is 63.1 Å². The van der Waals surface area contributed by atoms with Gasteiger partial charge in [0.25, 0.3) is 0 Å². The minimum Gasteiger partial charge on any atom is -0.320 e. The van der Waals surface area contributed by atoms with E-state index in [4.69, 9.17) is 4.99 Å². The van der Waals surface area contributed by atoms with E-state index in [1.807, 2.05) is 7.05 Å². The van der Waals surface area contributed by atoms with Gasteiger partial charge in [-0.25, -0.2) is 0 Å². The van der Waals surface area contributed by atoms with Crippen LogP contribution in [0, 0.1) is 5.41 Å². The van der Waals surface area contributed by atoms with Crippen LogP contribution < -0.4 is 5.32 Å². The molecule has 1 fully saturated rings. The normalized spacial score (nSPS) is 23.6. The lowest BCUT2D eigenvalue weighted by Gasteiger charge is -2.34. The van der Waals surface area contributed by atoms with Crippen molar-refractivity contribution >= 4 is 11.4 Å². The molecule has 2 aliphatic heterocycles. The molecule has 0 aromatic heterocycles. The van der Waals surface area contributed by atoms with Crippen molar-refractivity contribution in [1.29, 1.82) is 0 Å². The fourth-order valence-electron chi connectivity index (χ4n) is 4.42. The second-order valence-corrected chi connectivity index (χ2v) is 8.23. The number of nitrogens with one attached hydrogen (secondary N) is 1. The van der Waals surface area contributed by atoms with Crippen molar-refractivity contribution in [3.05, 3.63) is 28.8 Å². The lowest BCUT2D eigenvalue weighted by atomic mass is 9.73. The zero-order valence-corrected chi connectivity index (χ0v) is 16.6. The number of nitrogens with zero attached hydrogens (tertiary/aromatic N) is 2. The van der Waals surface area contributed by atoms with E-state index in [1.54, 1.807) is 0 Å². The SMILES string of the molecule is CCc1cc2c(cc1CN1CCCC1)N=C(C)C(C)(CCCNC)C2. The molecular formula is C22H35N3. The Morgan fingerprint density at radius 2 is 1.96 bits per heavy atom. The van der Waals surface area contributed by atoms with Gasteiger partial charge in [0.2, 0.25) is 0 Å². The summed E-state index contributed by atoms with van der Waals surface area (Å²) in [5.74, 6) is 0. The number of hydrogen-bond donors (Lipinski definition) is 1. The maximum absolute atomic E-state index is 5.07. The van der Waals surface area contributed by atoms with Crippen LogP contribution in [-0.2, 0) is 19.4 Å². The summed E-state index contributed by atoms with van der Waals surface area (Å²) in [7, 11) is 2.04. The maximum atomic E-state index is 5.07. The van der Waals surface area contributed by atoms with Gasteiger partial charge in [-0.15, -0.1) is 0 Å². The second kappa shape index (κ2) is 8.01. The largest absolute Gasteiger partial charge is 0.320 e. The molecule has 1 N–H and O–H groups in total.